The Hall–Kier alpha value is -3.27. The number of nitrogens with zero attached hydrogens (tertiary/aromatic N) is 4. The fourth-order valence-electron chi connectivity index (χ4n) is 4.13. The second-order valence-electron chi connectivity index (χ2n) is 8.49. The summed E-state index contributed by atoms with van der Waals surface area (Å²) in [6.45, 7) is 3.63. The maximum Gasteiger partial charge on any atom is 0.264 e. The molecule has 1 saturated carbocycles. The first-order valence-corrected chi connectivity index (χ1v) is 11.8. The number of amides is 2. The first kappa shape index (κ1) is 21.6. The molecule has 5 rings (SSSR count). The Morgan fingerprint density at radius 1 is 1.18 bits per heavy atom. The molecule has 8 nitrogen and oxygen atoms in total. The Morgan fingerprint density at radius 3 is 2.61 bits per heavy atom. The number of halogens is 1. The largest absolute Gasteiger partial charge is 0.366 e. The van der Waals surface area contributed by atoms with Crippen molar-refractivity contribution >= 4 is 39.1 Å². The number of aromatic nitrogens is 2. The van der Waals surface area contributed by atoms with Gasteiger partial charge in [-0.25, -0.2) is 9.37 Å². The van der Waals surface area contributed by atoms with Gasteiger partial charge in [0.25, 0.3) is 11.5 Å². The third-order valence-corrected chi connectivity index (χ3v) is 7.32. The molecule has 0 bridgehead atoms. The summed E-state index contributed by atoms with van der Waals surface area (Å²) in [6, 6.07) is 6.85. The van der Waals surface area contributed by atoms with E-state index < -0.39 is 0 Å². The molecule has 3 aromatic rings. The highest BCUT2D eigenvalue weighted by Crippen LogP contribution is 2.29. The third kappa shape index (κ3) is 4.22. The SMILES string of the molecule is Cc1c(C(=O)N2CCN(c3ccccc3F)CC2)sc2ncn(CC(=O)NC3CC3)c(=O)c12. The highest BCUT2D eigenvalue weighted by molar-refractivity contribution is 7.20. The number of anilines is 1. The number of carbonyl (C=O) groups excluding carboxylic acids is 2. The second kappa shape index (κ2) is 8.58. The Bertz CT molecular complexity index is 1290. The predicted molar refractivity (Wildman–Crippen MR) is 124 cm³/mol. The molecule has 2 amide bonds. The molecule has 2 aromatic heterocycles. The van der Waals surface area contributed by atoms with Crippen molar-refractivity contribution in [1.82, 2.24) is 19.8 Å². The molecule has 3 heterocycles. The highest BCUT2D eigenvalue weighted by Gasteiger charge is 2.28. The van der Waals surface area contributed by atoms with E-state index in [2.05, 4.69) is 10.3 Å². The van der Waals surface area contributed by atoms with Crippen LogP contribution in [0.15, 0.2) is 35.4 Å². The molecule has 1 N–H and O–H groups in total. The van der Waals surface area contributed by atoms with Crippen LogP contribution < -0.4 is 15.8 Å². The zero-order chi connectivity index (χ0) is 23.1. The average molecular weight is 470 g/mol. The molecule has 1 aromatic carbocycles. The van der Waals surface area contributed by atoms with E-state index >= 15 is 0 Å². The van der Waals surface area contributed by atoms with E-state index in [1.165, 1.54) is 28.3 Å². The zero-order valence-corrected chi connectivity index (χ0v) is 19.0. The van der Waals surface area contributed by atoms with Gasteiger partial charge in [0.2, 0.25) is 5.91 Å². The van der Waals surface area contributed by atoms with Gasteiger partial charge < -0.3 is 15.1 Å². The average Bonchev–Trinajstić information content (AvgIpc) is 3.56. The van der Waals surface area contributed by atoms with Gasteiger partial charge in [0.1, 0.15) is 17.2 Å². The molecule has 172 valence electrons. The van der Waals surface area contributed by atoms with Crippen molar-refractivity contribution in [2.75, 3.05) is 31.1 Å². The van der Waals surface area contributed by atoms with Gasteiger partial charge in [-0.2, -0.15) is 0 Å². The second-order valence-corrected chi connectivity index (χ2v) is 9.49. The number of fused-ring (bicyclic) bond motifs is 1. The summed E-state index contributed by atoms with van der Waals surface area (Å²) < 4.78 is 15.4. The van der Waals surface area contributed by atoms with Crippen LogP contribution >= 0.6 is 11.3 Å². The number of aryl methyl sites for hydroxylation is 1. The quantitative estimate of drug-likeness (QED) is 0.619. The van der Waals surface area contributed by atoms with Crippen LogP contribution in [0.2, 0.25) is 0 Å². The van der Waals surface area contributed by atoms with Crippen LogP contribution in [0.25, 0.3) is 10.2 Å². The lowest BCUT2D eigenvalue weighted by Gasteiger charge is -2.36. The molecule has 2 fully saturated rings. The smallest absolute Gasteiger partial charge is 0.264 e. The van der Waals surface area contributed by atoms with Gasteiger partial charge in [-0.3, -0.25) is 19.0 Å². The normalized spacial score (nSPS) is 16.3. The Morgan fingerprint density at radius 2 is 1.91 bits per heavy atom. The number of para-hydroxylation sites is 1. The maximum atomic E-state index is 14.1. The van der Waals surface area contributed by atoms with E-state index in [1.807, 2.05) is 4.90 Å². The van der Waals surface area contributed by atoms with Crippen molar-refractivity contribution in [2.45, 2.75) is 32.4 Å². The van der Waals surface area contributed by atoms with Crippen LogP contribution in [0.1, 0.15) is 28.1 Å². The monoisotopic (exact) mass is 469 g/mol. The topological polar surface area (TPSA) is 87.5 Å². The lowest BCUT2D eigenvalue weighted by molar-refractivity contribution is -0.121. The van der Waals surface area contributed by atoms with Gasteiger partial charge >= 0.3 is 0 Å². The zero-order valence-electron chi connectivity index (χ0n) is 18.2. The summed E-state index contributed by atoms with van der Waals surface area (Å²) in [5, 5.41) is 3.25. The van der Waals surface area contributed by atoms with Crippen LogP contribution in [0.5, 0.6) is 0 Å². The lowest BCUT2D eigenvalue weighted by atomic mass is 10.2. The van der Waals surface area contributed by atoms with E-state index in [9.17, 15) is 18.8 Å². The first-order valence-electron chi connectivity index (χ1n) is 11.0. The van der Waals surface area contributed by atoms with E-state index in [1.54, 1.807) is 30.0 Å². The molecular weight excluding hydrogens is 445 g/mol. The van der Waals surface area contributed by atoms with Gasteiger partial charge in [0.05, 0.1) is 22.3 Å². The summed E-state index contributed by atoms with van der Waals surface area (Å²) >= 11 is 1.20. The van der Waals surface area contributed by atoms with Crippen molar-refractivity contribution in [3.05, 3.63) is 57.2 Å². The van der Waals surface area contributed by atoms with Crippen molar-refractivity contribution in [1.29, 1.82) is 0 Å². The molecule has 0 radical (unpaired) electrons. The van der Waals surface area contributed by atoms with Crippen LogP contribution in [0, 0.1) is 12.7 Å². The number of thiophene rings is 1. The molecule has 0 unspecified atom stereocenters. The fourth-order valence-corrected chi connectivity index (χ4v) is 5.24. The van der Waals surface area contributed by atoms with Crippen molar-refractivity contribution in [3.63, 3.8) is 0 Å². The highest BCUT2D eigenvalue weighted by atomic mass is 32.1. The van der Waals surface area contributed by atoms with Crippen LogP contribution in [0.3, 0.4) is 0 Å². The van der Waals surface area contributed by atoms with Crippen molar-refractivity contribution in [2.24, 2.45) is 0 Å². The lowest BCUT2D eigenvalue weighted by Crippen LogP contribution is -2.49. The molecule has 2 aliphatic rings. The number of piperazine rings is 1. The van der Waals surface area contributed by atoms with E-state index in [-0.39, 0.29) is 35.8 Å². The Labute approximate surface area is 193 Å². The minimum absolute atomic E-state index is 0.0884. The van der Waals surface area contributed by atoms with Gasteiger partial charge in [-0.15, -0.1) is 11.3 Å². The number of hydrogen-bond acceptors (Lipinski definition) is 6. The summed E-state index contributed by atoms with van der Waals surface area (Å²) in [5.41, 5.74) is 0.812. The minimum atomic E-state index is -0.317. The van der Waals surface area contributed by atoms with Gasteiger partial charge in [-0.05, 0) is 37.5 Å². The summed E-state index contributed by atoms with van der Waals surface area (Å²) in [5.74, 6) is -0.635. The summed E-state index contributed by atoms with van der Waals surface area (Å²) in [7, 11) is 0. The first-order chi connectivity index (χ1) is 15.9. The van der Waals surface area contributed by atoms with Crippen LogP contribution in [-0.4, -0.2) is 58.5 Å². The van der Waals surface area contributed by atoms with Crippen LogP contribution in [-0.2, 0) is 11.3 Å². The molecule has 33 heavy (non-hydrogen) atoms. The molecule has 1 aliphatic carbocycles. The van der Waals surface area contributed by atoms with Crippen LogP contribution in [0.4, 0.5) is 10.1 Å². The van der Waals surface area contributed by atoms with Gasteiger partial charge in [-0.1, -0.05) is 12.1 Å². The fraction of sp³-hybridized carbons (Fsp3) is 0.391. The predicted octanol–water partition coefficient (Wildman–Crippen LogP) is 2.15. The van der Waals surface area contributed by atoms with Gasteiger partial charge in [0.15, 0.2) is 0 Å². The molecule has 0 spiro atoms. The number of carbonyl (C=O) groups is 2. The van der Waals surface area contributed by atoms with Crippen molar-refractivity contribution in [3.8, 4) is 0 Å². The Kier molecular flexibility index (Phi) is 5.61. The van der Waals surface area contributed by atoms with E-state index in [0.29, 0.717) is 52.5 Å². The molecule has 10 heteroatoms. The van der Waals surface area contributed by atoms with E-state index in [0.717, 1.165) is 12.8 Å². The van der Waals surface area contributed by atoms with Gasteiger partial charge in [0, 0.05) is 32.2 Å². The molecule has 1 aliphatic heterocycles. The number of benzene rings is 1. The number of rotatable bonds is 5. The summed E-state index contributed by atoms with van der Waals surface area (Å²) in [6.07, 6.45) is 3.32. The maximum absolute atomic E-state index is 14.1. The minimum Gasteiger partial charge on any atom is -0.366 e. The molecular formula is C23H24FN5O3S. The Balaban J connectivity index is 1.33. The van der Waals surface area contributed by atoms with E-state index in [4.69, 9.17) is 0 Å². The molecule has 0 atom stereocenters. The standard InChI is InChI=1S/C23H24FN5O3S/c1-14-19-21(25-13-29(22(19)31)12-18(30)26-15-6-7-15)33-20(14)23(32)28-10-8-27(9-11-28)17-5-3-2-4-16(17)24/h2-5,13,15H,6-12H2,1H3,(H,26,30). The molecule has 1 saturated heterocycles. The van der Waals surface area contributed by atoms with Crippen molar-refractivity contribution < 1.29 is 14.0 Å². The number of hydrogen-bond donors (Lipinski definition) is 1. The number of nitrogens with one attached hydrogen (secondary N) is 1. The summed E-state index contributed by atoms with van der Waals surface area (Å²) in [4.78, 5) is 47.4. The third-order valence-electron chi connectivity index (χ3n) is 6.13.